The molecule has 0 spiro atoms. The maximum absolute atomic E-state index is 12.5. The highest BCUT2D eigenvalue weighted by Crippen LogP contribution is 2.31. The van der Waals surface area contributed by atoms with Crippen molar-refractivity contribution in [3.63, 3.8) is 0 Å². The fourth-order valence-corrected chi connectivity index (χ4v) is 4.34. The van der Waals surface area contributed by atoms with E-state index >= 15 is 0 Å². The van der Waals surface area contributed by atoms with Gasteiger partial charge in [-0.2, -0.15) is 5.26 Å². The van der Waals surface area contributed by atoms with E-state index in [9.17, 15) is 13.7 Å². The van der Waals surface area contributed by atoms with E-state index < -0.39 is 15.1 Å². The molecule has 2 heterocycles. The molecule has 1 atom stereocenters. The predicted octanol–water partition coefficient (Wildman–Crippen LogP) is 5.42. The van der Waals surface area contributed by atoms with Crippen LogP contribution in [0.3, 0.4) is 0 Å². The van der Waals surface area contributed by atoms with E-state index in [0.29, 0.717) is 5.15 Å². The molecule has 3 aromatic rings. The van der Waals surface area contributed by atoms with Crippen LogP contribution in [-0.4, -0.2) is 18.4 Å². The van der Waals surface area contributed by atoms with E-state index in [4.69, 9.17) is 23.2 Å². The second kappa shape index (κ2) is 10.2. The van der Waals surface area contributed by atoms with Crippen LogP contribution in [0.4, 0.5) is 0 Å². The Bertz CT molecular complexity index is 1080. The zero-order chi connectivity index (χ0) is 20.7. The highest BCUT2D eigenvalue weighted by molar-refractivity contribution is 14.1. The van der Waals surface area contributed by atoms with Crippen LogP contribution < -0.4 is 0 Å². The first-order chi connectivity index (χ1) is 13.3. The van der Waals surface area contributed by atoms with Gasteiger partial charge in [0.1, 0.15) is 10.3 Å². The van der Waals surface area contributed by atoms with Gasteiger partial charge in [-0.3, -0.25) is 0 Å². The first-order valence-electron chi connectivity index (χ1n) is 7.84. The third-order valence-electron chi connectivity index (χ3n) is 3.56. The van der Waals surface area contributed by atoms with E-state index in [1.807, 2.05) is 19.1 Å². The normalized spacial score (nSPS) is 11.7. The van der Waals surface area contributed by atoms with Crippen molar-refractivity contribution < 1.29 is 8.42 Å². The number of rotatable bonds is 3. The van der Waals surface area contributed by atoms with E-state index in [1.165, 1.54) is 24.4 Å². The van der Waals surface area contributed by atoms with Crippen LogP contribution in [0.25, 0.3) is 0 Å². The van der Waals surface area contributed by atoms with Crippen LogP contribution in [0, 0.1) is 21.8 Å². The molecule has 1 unspecified atom stereocenters. The molecule has 0 fully saturated rings. The largest absolute Gasteiger partial charge is 0.244 e. The predicted molar refractivity (Wildman–Crippen MR) is 118 cm³/mol. The maximum atomic E-state index is 12.5. The zero-order valence-electron chi connectivity index (χ0n) is 14.6. The summed E-state index contributed by atoms with van der Waals surface area (Å²) in [5.74, 6) is 0. The smallest absolute Gasteiger partial charge is 0.198 e. The third kappa shape index (κ3) is 5.64. The molecule has 5 nitrogen and oxygen atoms in total. The number of benzene rings is 1. The zero-order valence-corrected chi connectivity index (χ0v) is 19.0. The van der Waals surface area contributed by atoms with Crippen molar-refractivity contribution in [2.24, 2.45) is 0 Å². The number of nitriles is 1. The van der Waals surface area contributed by atoms with Gasteiger partial charge in [-0.25, -0.2) is 18.4 Å². The Hall–Kier alpha value is -1.73. The second-order valence-electron chi connectivity index (χ2n) is 5.53. The maximum Gasteiger partial charge on any atom is 0.198 e. The Morgan fingerprint density at radius 2 is 1.57 bits per heavy atom. The van der Waals surface area contributed by atoms with Crippen LogP contribution in [-0.2, 0) is 9.84 Å². The summed E-state index contributed by atoms with van der Waals surface area (Å²) in [7, 11) is -3.83. The standard InChI is InChI=1S/C14H11ClN2O2S.C5H3ClIN/c1-10-4-6-11(7-5-10)20(18,19)13(9-16)12-3-2-8-17-14(12)15;6-5-4(7)2-1-3-8-5/h2-8,13H,1H3;1-3H. The molecule has 0 saturated heterocycles. The minimum absolute atomic E-state index is 0.0229. The third-order valence-corrected chi connectivity index (χ3v) is 7.28. The molecule has 144 valence electrons. The summed E-state index contributed by atoms with van der Waals surface area (Å²) in [6, 6.07) is 15.0. The molecule has 0 radical (unpaired) electrons. The summed E-state index contributed by atoms with van der Waals surface area (Å²) in [5.41, 5.74) is 1.13. The van der Waals surface area contributed by atoms with Crippen LogP contribution in [0.1, 0.15) is 16.4 Å². The average Bonchev–Trinajstić information content (AvgIpc) is 2.67. The fourth-order valence-electron chi connectivity index (χ4n) is 2.13. The Morgan fingerprint density at radius 3 is 2.04 bits per heavy atom. The lowest BCUT2D eigenvalue weighted by Crippen LogP contribution is -2.13. The van der Waals surface area contributed by atoms with E-state index in [-0.39, 0.29) is 15.6 Å². The first-order valence-corrected chi connectivity index (χ1v) is 11.2. The first kappa shape index (κ1) is 22.6. The summed E-state index contributed by atoms with van der Waals surface area (Å²) in [4.78, 5) is 7.75. The minimum atomic E-state index is -3.83. The molecule has 1 aromatic carbocycles. The summed E-state index contributed by atoms with van der Waals surface area (Å²) in [5, 5.41) is 8.47. The molecule has 2 aromatic heterocycles. The van der Waals surface area contributed by atoms with E-state index in [2.05, 4.69) is 32.6 Å². The Balaban J connectivity index is 0.000000292. The van der Waals surface area contributed by atoms with Gasteiger partial charge >= 0.3 is 0 Å². The monoisotopic (exact) mass is 545 g/mol. The van der Waals surface area contributed by atoms with Crippen LogP contribution in [0.2, 0.25) is 10.3 Å². The Kier molecular flexibility index (Phi) is 8.19. The van der Waals surface area contributed by atoms with Crippen LogP contribution in [0.5, 0.6) is 0 Å². The Labute approximate surface area is 187 Å². The topological polar surface area (TPSA) is 83.7 Å². The highest BCUT2D eigenvalue weighted by atomic mass is 127. The van der Waals surface area contributed by atoms with E-state index in [1.54, 1.807) is 30.5 Å². The van der Waals surface area contributed by atoms with Gasteiger partial charge in [0.25, 0.3) is 0 Å². The number of hydrogen-bond acceptors (Lipinski definition) is 5. The highest BCUT2D eigenvalue weighted by Gasteiger charge is 2.31. The molecule has 0 saturated carbocycles. The number of aryl methyl sites for hydroxylation is 1. The summed E-state index contributed by atoms with van der Waals surface area (Å²) >= 11 is 13.6. The van der Waals surface area contributed by atoms with Gasteiger partial charge in [0.05, 0.1) is 14.5 Å². The molecule has 0 aliphatic heterocycles. The van der Waals surface area contributed by atoms with Crippen molar-refractivity contribution in [3.05, 3.63) is 85.9 Å². The summed E-state index contributed by atoms with van der Waals surface area (Å²) in [6.07, 6.45) is 3.11. The van der Waals surface area contributed by atoms with Crippen molar-refractivity contribution in [1.29, 1.82) is 5.26 Å². The minimum Gasteiger partial charge on any atom is -0.244 e. The summed E-state index contributed by atoms with van der Waals surface area (Å²) < 4.78 is 26.0. The number of sulfone groups is 1. The molecule has 0 aliphatic rings. The number of nitrogens with zero attached hydrogens (tertiary/aromatic N) is 3. The SMILES string of the molecule is Cc1ccc(S(=O)(=O)C(C#N)c2cccnc2Cl)cc1.Clc1ncccc1I. The van der Waals surface area contributed by atoms with Gasteiger partial charge < -0.3 is 0 Å². The van der Waals surface area contributed by atoms with E-state index in [0.717, 1.165) is 9.13 Å². The van der Waals surface area contributed by atoms with Crippen molar-refractivity contribution in [3.8, 4) is 6.07 Å². The van der Waals surface area contributed by atoms with Crippen molar-refractivity contribution in [2.75, 3.05) is 0 Å². The Morgan fingerprint density at radius 1 is 1.00 bits per heavy atom. The molecule has 9 heteroatoms. The van der Waals surface area contributed by atoms with Gasteiger partial charge in [0.2, 0.25) is 0 Å². The fraction of sp³-hybridized carbons (Fsp3) is 0.105. The molecule has 0 amide bonds. The lowest BCUT2D eigenvalue weighted by atomic mass is 10.2. The molecular formula is C19H14Cl2IN3O2S. The molecule has 0 N–H and O–H groups in total. The van der Waals surface area contributed by atoms with Gasteiger partial charge in [0.15, 0.2) is 15.1 Å². The molecule has 0 bridgehead atoms. The van der Waals surface area contributed by atoms with Gasteiger partial charge in [0, 0.05) is 18.0 Å². The summed E-state index contributed by atoms with van der Waals surface area (Å²) in [6.45, 7) is 1.86. The molecule has 3 rings (SSSR count). The average molecular weight is 546 g/mol. The lowest BCUT2D eigenvalue weighted by molar-refractivity contribution is 0.591. The molecule has 28 heavy (non-hydrogen) atoms. The quantitative estimate of drug-likeness (QED) is 0.324. The molecular weight excluding hydrogens is 532 g/mol. The van der Waals surface area contributed by atoms with Gasteiger partial charge in [-0.1, -0.05) is 47.0 Å². The number of halogens is 3. The van der Waals surface area contributed by atoms with Gasteiger partial charge in [-0.15, -0.1) is 0 Å². The van der Waals surface area contributed by atoms with Crippen molar-refractivity contribution in [2.45, 2.75) is 17.1 Å². The number of pyridine rings is 2. The second-order valence-corrected chi connectivity index (χ2v) is 9.44. The number of hydrogen-bond donors (Lipinski definition) is 0. The molecule has 0 aliphatic carbocycles. The lowest BCUT2D eigenvalue weighted by Gasteiger charge is -2.12. The van der Waals surface area contributed by atoms with Gasteiger partial charge in [-0.05, 0) is 59.8 Å². The van der Waals surface area contributed by atoms with Crippen LogP contribution >= 0.6 is 45.8 Å². The van der Waals surface area contributed by atoms with Crippen LogP contribution in [0.15, 0.2) is 65.8 Å². The van der Waals surface area contributed by atoms with Crippen molar-refractivity contribution in [1.82, 2.24) is 9.97 Å². The number of aromatic nitrogens is 2. The van der Waals surface area contributed by atoms with Crippen molar-refractivity contribution >= 4 is 55.6 Å².